The molecule has 1 amide bonds. The first-order chi connectivity index (χ1) is 15.0. The number of pyridine rings is 1. The molecule has 0 atom stereocenters. The van der Waals surface area contributed by atoms with Crippen molar-refractivity contribution in [1.82, 2.24) is 25.2 Å². The number of hydrogen-bond acceptors (Lipinski definition) is 9. The van der Waals surface area contributed by atoms with Gasteiger partial charge in [0.15, 0.2) is 5.82 Å². The van der Waals surface area contributed by atoms with Gasteiger partial charge in [-0.05, 0) is 28.6 Å². The van der Waals surface area contributed by atoms with Crippen LogP contribution >= 0.6 is 11.3 Å². The first kappa shape index (κ1) is 19.2. The number of rotatable bonds is 4. The molecule has 0 saturated carbocycles. The molecule has 3 aromatic heterocycles. The van der Waals surface area contributed by atoms with Crippen LogP contribution in [0.15, 0.2) is 36.5 Å². The molecule has 31 heavy (non-hydrogen) atoms. The van der Waals surface area contributed by atoms with Crippen LogP contribution in [-0.2, 0) is 7.05 Å². The number of carbonyl (C=O) groups is 1. The van der Waals surface area contributed by atoms with Crippen molar-refractivity contribution in [2.75, 3.05) is 41.7 Å². The van der Waals surface area contributed by atoms with Crippen LogP contribution in [0.1, 0.15) is 9.67 Å². The van der Waals surface area contributed by atoms with Gasteiger partial charge in [-0.15, -0.1) is 16.4 Å². The van der Waals surface area contributed by atoms with E-state index in [1.165, 1.54) is 11.3 Å². The van der Waals surface area contributed by atoms with Crippen molar-refractivity contribution in [1.29, 1.82) is 0 Å². The fraction of sp³-hybridized carbons (Fsp3) is 0.250. The van der Waals surface area contributed by atoms with Gasteiger partial charge in [0.25, 0.3) is 5.91 Å². The number of carbonyl (C=O) groups excluding carboxylic acids is 1. The van der Waals surface area contributed by atoms with E-state index >= 15 is 0 Å². The first-order valence-corrected chi connectivity index (χ1v) is 10.6. The Bertz CT molecular complexity index is 1270. The lowest BCUT2D eigenvalue weighted by Gasteiger charge is -2.37. The van der Waals surface area contributed by atoms with Crippen molar-refractivity contribution in [3.8, 4) is 11.4 Å². The van der Waals surface area contributed by atoms with E-state index in [9.17, 15) is 4.79 Å². The number of tetrazole rings is 1. The van der Waals surface area contributed by atoms with Crippen molar-refractivity contribution in [2.24, 2.45) is 12.8 Å². The molecule has 4 heterocycles. The lowest BCUT2D eigenvalue weighted by Crippen LogP contribution is -2.46. The second-order valence-corrected chi connectivity index (χ2v) is 8.37. The number of amides is 1. The van der Waals surface area contributed by atoms with Gasteiger partial charge in [0.2, 0.25) is 0 Å². The Kier molecular flexibility index (Phi) is 4.66. The summed E-state index contributed by atoms with van der Waals surface area (Å²) in [4.78, 5) is 21.8. The fourth-order valence-electron chi connectivity index (χ4n) is 4.00. The van der Waals surface area contributed by atoms with E-state index in [0.717, 1.165) is 59.2 Å². The van der Waals surface area contributed by atoms with E-state index in [1.54, 1.807) is 10.9 Å². The molecule has 11 heteroatoms. The molecule has 0 spiro atoms. The summed E-state index contributed by atoms with van der Waals surface area (Å²) in [5.74, 6) is 0.215. The first-order valence-electron chi connectivity index (χ1n) is 9.82. The lowest BCUT2D eigenvalue weighted by molar-refractivity contribution is 0.100. The van der Waals surface area contributed by atoms with Gasteiger partial charge in [0.05, 0.1) is 16.8 Å². The second kappa shape index (κ2) is 7.51. The van der Waals surface area contributed by atoms with Crippen LogP contribution in [0.4, 0.5) is 17.1 Å². The van der Waals surface area contributed by atoms with E-state index in [-0.39, 0.29) is 0 Å². The van der Waals surface area contributed by atoms with Crippen molar-refractivity contribution in [3.05, 3.63) is 41.4 Å². The molecule has 0 bridgehead atoms. The number of nitrogen functional groups attached to an aromatic ring is 1. The number of nitrogens with zero attached hydrogens (tertiary/aromatic N) is 7. The van der Waals surface area contributed by atoms with Gasteiger partial charge in [0, 0.05) is 50.7 Å². The van der Waals surface area contributed by atoms with Gasteiger partial charge in [-0.2, -0.15) is 0 Å². The Morgan fingerprint density at radius 2 is 1.90 bits per heavy atom. The number of anilines is 3. The Balaban J connectivity index is 1.38. The molecule has 1 aliphatic rings. The molecule has 0 aliphatic carbocycles. The van der Waals surface area contributed by atoms with E-state index in [2.05, 4.69) is 42.4 Å². The monoisotopic (exact) mass is 435 g/mol. The zero-order chi connectivity index (χ0) is 21.5. The van der Waals surface area contributed by atoms with Crippen LogP contribution in [0.5, 0.6) is 0 Å². The van der Waals surface area contributed by atoms with E-state index in [1.807, 2.05) is 25.2 Å². The van der Waals surface area contributed by atoms with Gasteiger partial charge >= 0.3 is 0 Å². The van der Waals surface area contributed by atoms with E-state index < -0.39 is 5.91 Å². The van der Waals surface area contributed by atoms with Gasteiger partial charge in [-0.3, -0.25) is 4.79 Å². The van der Waals surface area contributed by atoms with Crippen molar-refractivity contribution >= 4 is 44.5 Å². The summed E-state index contributed by atoms with van der Waals surface area (Å²) in [6.07, 6.45) is 1.75. The maximum atomic E-state index is 11.7. The summed E-state index contributed by atoms with van der Waals surface area (Å²) in [6.45, 7) is 3.32. The molecule has 1 fully saturated rings. The Labute approximate surface area is 182 Å². The highest BCUT2D eigenvalue weighted by atomic mass is 32.1. The zero-order valence-electron chi connectivity index (χ0n) is 16.9. The highest BCUT2D eigenvalue weighted by Gasteiger charge is 2.23. The highest BCUT2D eigenvalue weighted by molar-refractivity contribution is 7.21. The number of aromatic nitrogens is 5. The number of thiophene rings is 1. The maximum Gasteiger partial charge on any atom is 0.260 e. The topological polar surface area (TPSA) is 132 Å². The summed E-state index contributed by atoms with van der Waals surface area (Å²) in [6, 6.07) is 10.2. The molecule has 4 aromatic rings. The molecule has 0 radical (unpaired) electrons. The molecule has 158 valence electrons. The molecule has 1 saturated heterocycles. The SMILES string of the molecule is Cn1nnnc1-c1cccc(N2CCN(c3ccnc4sc(C(N)=O)c(N)c34)CC2)c1. The van der Waals surface area contributed by atoms with Gasteiger partial charge in [-0.25, -0.2) is 9.67 Å². The summed E-state index contributed by atoms with van der Waals surface area (Å²) in [5, 5.41) is 12.6. The smallest absolute Gasteiger partial charge is 0.260 e. The van der Waals surface area contributed by atoms with Crippen molar-refractivity contribution in [2.45, 2.75) is 0 Å². The third-order valence-electron chi connectivity index (χ3n) is 5.54. The normalized spacial score (nSPS) is 14.4. The average molecular weight is 436 g/mol. The molecule has 5 rings (SSSR count). The number of benzene rings is 1. The van der Waals surface area contributed by atoms with Crippen LogP contribution in [0.3, 0.4) is 0 Å². The maximum absolute atomic E-state index is 11.7. The Hall–Kier alpha value is -3.73. The number of aryl methyl sites for hydroxylation is 1. The quantitative estimate of drug-likeness (QED) is 0.493. The molecular weight excluding hydrogens is 414 g/mol. The molecular formula is C20H21N9OS. The summed E-state index contributed by atoms with van der Waals surface area (Å²) >= 11 is 1.24. The minimum atomic E-state index is -0.519. The van der Waals surface area contributed by atoms with Crippen LogP contribution in [0, 0.1) is 0 Å². The number of nitrogens with two attached hydrogens (primary N) is 2. The Morgan fingerprint density at radius 1 is 1.13 bits per heavy atom. The molecule has 1 aliphatic heterocycles. The summed E-state index contributed by atoms with van der Waals surface area (Å²) in [7, 11) is 1.83. The molecule has 10 nitrogen and oxygen atoms in total. The van der Waals surface area contributed by atoms with E-state index in [0.29, 0.717) is 10.6 Å². The van der Waals surface area contributed by atoms with Crippen molar-refractivity contribution in [3.63, 3.8) is 0 Å². The molecule has 4 N–H and O–H groups in total. The third-order valence-corrected chi connectivity index (χ3v) is 6.67. The standard InChI is InChI=1S/C20H21N9OS/c1-27-19(24-25-26-27)12-3-2-4-13(11-12)28-7-9-29(10-8-28)14-5-6-23-20-15(14)16(21)17(31-20)18(22)30/h2-6,11H,7-10,21H2,1H3,(H2,22,30). The number of hydrogen-bond donors (Lipinski definition) is 2. The van der Waals surface area contributed by atoms with Crippen LogP contribution in [0.2, 0.25) is 0 Å². The minimum Gasteiger partial charge on any atom is -0.397 e. The van der Waals surface area contributed by atoms with Crippen LogP contribution in [0.25, 0.3) is 21.6 Å². The summed E-state index contributed by atoms with van der Waals surface area (Å²) in [5.41, 5.74) is 15.3. The number of primary amides is 1. The zero-order valence-corrected chi connectivity index (χ0v) is 17.7. The van der Waals surface area contributed by atoms with Gasteiger partial charge in [-0.1, -0.05) is 12.1 Å². The average Bonchev–Trinajstić information content (AvgIpc) is 3.37. The molecule has 0 unspecified atom stereocenters. The fourth-order valence-corrected chi connectivity index (χ4v) is 4.93. The number of fused-ring (bicyclic) bond motifs is 1. The highest BCUT2D eigenvalue weighted by Crippen LogP contribution is 2.38. The third kappa shape index (κ3) is 3.32. The predicted molar refractivity (Wildman–Crippen MR) is 121 cm³/mol. The van der Waals surface area contributed by atoms with E-state index in [4.69, 9.17) is 11.5 Å². The lowest BCUT2D eigenvalue weighted by atomic mass is 10.1. The summed E-state index contributed by atoms with van der Waals surface area (Å²) < 4.78 is 1.66. The van der Waals surface area contributed by atoms with Gasteiger partial charge < -0.3 is 21.3 Å². The predicted octanol–water partition coefficient (Wildman–Crippen LogP) is 1.49. The van der Waals surface area contributed by atoms with Crippen molar-refractivity contribution < 1.29 is 4.79 Å². The van der Waals surface area contributed by atoms with Crippen LogP contribution in [-0.4, -0.2) is 57.3 Å². The largest absolute Gasteiger partial charge is 0.397 e. The van der Waals surface area contributed by atoms with Crippen LogP contribution < -0.4 is 21.3 Å². The molecule has 1 aromatic carbocycles. The number of piperazine rings is 1. The van der Waals surface area contributed by atoms with Gasteiger partial charge in [0.1, 0.15) is 9.71 Å². The second-order valence-electron chi connectivity index (χ2n) is 7.37. The Morgan fingerprint density at radius 3 is 2.61 bits per heavy atom. The minimum absolute atomic E-state index is 0.365.